The van der Waals surface area contributed by atoms with Crippen LogP contribution in [0.4, 0.5) is 4.39 Å². The van der Waals surface area contributed by atoms with Crippen molar-refractivity contribution in [2.24, 2.45) is 0 Å². The van der Waals surface area contributed by atoms with Crippen molar-refractivity contribution in [1.29, 1.82) is 0 Å². The molecule has 0 saturated carbocycles. The minimum absolute atomic E-state index is 0.203. The lowest BCUT2D eigenvalue weighted by atomic mass is 10.2. The smallest absolute Gasteiger partial charge is 0.255 e. The van der Waals surface area contributed by atoms with Crippen LogP contribution in [0.25, 0.3) is 11.2 Å². The Bertz CT molecular complexity index is 1050. The van der Waals surface area contributed by atoms with E-state index in [1.807, 2.05) is 6.07 Å². The predicted octanol–water partition coefficient (Wildman–Crippen LogP) is 2.03. The number of rotatable bonds is 5. The van der Waals surface area contributed by atoms with E-state index in [-0.39, 0.29) is 11.7 Å². The number of fused-ring (bicyclic) bond motifs is 1. The molecule has 0 fully saturated rings. The van der Waals surface area contributed by atoms with E-state index in [2.05, 4.69) is 20.5 Å². The zero-order chi connectivity index (χ0) is 17.9. The van der Waals surface area contributed by atoms with E-state index in [1.54, 1.807) is 46.1 Å². The molecule has 0 unspecified atom stereocenters. The number of carbonyl (C=O) groups excluding carboxylic acids is 1. The summed E-state index contributed by atoms with van der Waals surface area (Å²) in [5.41, 5.74) is 2.75. The van der Waals surface area contributed by atoms with Gasteiger partial charge in [-0.15, -0.1) is 0 Å². The van der Waals surface area contributed by atoms with Crippen LogP contribution in [0.1, 0.15) is 16.1 Å². The van der Waals surface area contributed by atoms with Crippen molar-refractivity contribution in [1.82, 2.24) is 29.7 Å². The molecule has 0 saturated heterocycles. The second-order valence-corrected chi connectivity index (χ2v) is 5.70. The molecule has 0 bridgehead atoms. The van der Waals surface area contributed by atoms with Crippen LogP contribution in [0, 0.1) is 5.82 Å². The van der Waals surface area contributed by atoms with Gasteiger partial charge in [0.25, 0.3) is 5.91 Å². The molecule has 4 rings (SSSR count). The monoisotopic (exact) mass is 350 g/mol. The average molecular weight is 350 g/mol. The number of nitrogens with zero attached hydrogens (tertiary/aromatic N) is 5. The van der Waals surface area contributed by atoms with Crippen molar-refractivity contribution in [3.05, 3.63) is 78.4 Å². The number of carbonyl (C=O) groups is 1. The maximum Gasteiger partial charge on any atom is 0.255 e. The molecular weight excluding hydrogens is 335 g/mol. The van der Waals surface area contributed by atoms with E-state index in [0.717, 1.165) is 11.4 Å². The zero-order valence-corrected chi connectivity index (χ0v) is 13.7. The molecule has 0 atom stereocenters. The first-order valence-electron chi connectivity index (χ1n) is 8.07. The number of amides is 1. The quantitative estimate of drug-likeness (QED) is 0.597. The van der Waals surface area contributed by atoms with Crippen molar-refractivity contribution in [3.63, 3.8) is 0 Å². The van der Waals surface area contributed by atoms with Gasteiger partial charge < -0.3 is 5.32 Å². The van der Waals surface area contributed by atoms with Crippen molar-refractivity contribution >= 4 is 11.4 Å². The molecule has 1 amide bonds. The third-order valence-corrected chi connectivity index (χ3v) is 3.97. The molecule has 3 heterocycles. The largest absolute Gasteiger partial charge is 0.352 e. The van der Waals surface area contributed by atoms with Crippen LogP contribution >= 0.6 is 0 Å². The normalized spacial score (nSPS) is 11.0. The summed E-state index contributed by atoms with van der Waals surface area (Å²) >= 11 is 0. The molecule has 0 aliphatic heterocycles. The Balaban J connectivity index is 1.37. The Labute approximate surface area is 148 Å². The Hall–Kier alpha value is -3.55. The maximum atomic E-state index is 13.0. The molecule has 8 heteroatoms. The van der Waals surface area contributed by atoms with Gasteiger partial charge in [-0.3, -0.25) is 9.78 Å². The number of hydrogen-bond acceptors (Lipinski definition) is 4. The van der Waals surface area contributed by atoms with Crippen LogP contribution in [0.15, 0.2) is 61.3 Å². The Morgan fingerprint density at radius 1 is 1.12 bits per heavy atom. The lowest BCUT2D eigenvalue weighted by molar-refractivity contribution is 0.0955. The Kier molecular flexibility index (Phi) is 4.14. The van der Waals surface area contributed by atoms with E-state index in [9.17, 15) is 9.18 Å². The van der Waals surface area contributed by atoms with Gasteiger partial charge in [-0.1, -0.05) is 0 Å². The summed E-state index contributed by atoms with van der Waals surface area (Å²) in [6.07, 6.45) is 8.81. The number of nitrogens with one attached hydrogen (secondary N) is 1. The highest BCUT2D eigenvalue weighted by Gasteiger charge is 2.12. The molecule has 4 aromatic rings. The number of benzene rings is 1. The molecule has 1 aromatic carbocycles. The lowest BCUT2D eigenvalue weighted by Crippen LogP contribution is -2.25. The van der Waals surface area contributed by atoms with E-state index in [4.69, 9.17) is 0 Å². The SMILES string of the molecule is O=C(NCCc1ccn(-c2ccc(F)cc2)n1)c1cnn2ccncc12. The summed E-state index contributed by atoms with van der Waals surface area (Å²) in [5, 5.41) is 11.4. The second-order valence-electron chi connectivity index (χ2n) is 5.70. The van der Waals surface area contributed by atoms with Crippen molar-refractivity contribution in [2.75, 3.05) is 6.54 Å². The van der Waals surface area contributed by atoms with Crippen LogP contribution in [0.3, 0.4) is 0 Å². The van der Waals surface area contributed by atoms with Crippen LogP contribution in [0.2, 0.25) is 0 Å². The topological polar surface area (TPSA) is 77.1 Å². The number of hydrogen-bond donors (Lipinski definition) is 1. The van der Waals surface area contributed by atoms with Gasteiger partial charge in [0.2, 0.25) is 0 Å². The second kappa shape index (κ2) is 6.75. The van der Waals surface area contributed by atoms with Gasteiger partial charge >= 0.3 is 0 Å². The molecule has 0 spiro atoms. The van der Waals surface area contributed by atoms with E-state index in [1.165, 1.54) is 18.3 Å². The van der Waals surface area contributed by atoms with Gasteiger partial charge in [0.1, 0.15) is 5.82 Å². The maximum absolute atomic E-state index is 13.0. The summed E-state index contributed by atoms with van der Waals surface area (Å²) in [7, 11) is 0. The molecular formula is C18H15FN6O. The Morgan fingerprint density at radius 2 is 1.96 bits per heavy atom. The number of aromatic nitrogens is 5. The predicted molar refractivity (Wildman–Crippen MR) is 92.5 cm³/mol. The van der Waals surface area contributed by atoms with Crippen LogP contribution in [-0.4, -0.2) is 36.8 Å². The highest BCUT2D eigenvalue weighted by molar-refractivity contribution is 6.00. The van der Waals surface area contributed by atoms with Crippen molar-refractivity contribution in [2.45, 2.75) is 6.42 Å². The fraction of sp³-hybridized carbons (Fsp3) is 0.111. The third kappa shape index (κ3) is 3.16. The number of halogens is 1. The van der Waals surface area contributed by atoms with Crippen molar-refractivity contribution < 1.29 is 9.18 Å². The molecule has 0 radical (unpaired) electrons. The molecule has 0 aliphatic carbocycles. The first-order valence-corrected chi connectivity index (χ1v) is 8.07. The van der Waals surface area contributed by atoms with E-state index in [0.29, 0.717) is 24.0 Å². The summed E-state index contributed by atoms with van der Waals surface area (Å²) in [6, 6.07) is 7.97. The first-order chi connectivity index (χ1) is 12.7. The van der Waals surface area contributed by atoms with Gasteiger partial charge in [-0.05, 0) is 30.3 Å². The fourth-order valence-corrected chi connectivity index (χ4v) is 2.64. The molecule has 3 aromatic heterocycles. The molecule has 7 nitrogen and oxygen atoms in total. The first kappa shape index (κ1) is 15.9. The van der Waals surface area contributed by atoms with Gasteiger partial charge in [-0.25, -0.2) is 13.6 Å². The minimum atomic E-state index is -0.285. The summed E-state index contributed by atoms with van der Waals surface area (Å²) < 4.78 is 16.3. The summed E-state index contributed by atoms with van der Waals surface area (Å²) in [6.45, 7) is 0.441. The molecule has 26 heavy (non-hydrogen) atoms. The lowest BCUT2D eigenvalue weighted by Gasteiger charge is -2.03. The standard InChI is InChI=1S/C18H15FN6O/c19-13-1-3-15(4-2-13)24-9-6-14(23-24)5-7-21-18(26)16-11-22-25-10-8-20-12-17(16)25/h1-4,6,8-12H,5,7H2,(H,21,26). The van der Waals surface area contributed by atoms with Gasteiger partial charge in [0.05, 0.1) is 34.9 Å². The molecule has 0 aliphatic rings. The average Bonchev–Trinajstić information content (AvgIpc) is 3.29. The fourth-order valence-electron chi connectivity index (χ4n) is 2.64. The van der Waals surface area contributed by atoms with Gasteiger partial charge in [0, 0.05) is 31.6 Å². The van der Waals surface area contributed by atoms with Crippen LogP contribution in [-0.2, 0) is 6.42 Å². The van der Waals surface area contributed by atoms with E-state index >= 15 is 0 Å². The van der Waals surface area contributed by atoms with Crippen LogP contribution < -0.4 is 5.32 Å². The Morgan fingerprint density at radius 3 is 2.81 bits per heavy atom. The highest BCUT2D eigenvalue weighted by atomic mass is 19.1. The highest BCUT2D eigenvalue weighted by Crippen LogP contribution is 2.10. The van der Waals surface area contributed by atoms with Crippen molar-refractivity contribution in [3.8, 4) is 5.69 Å². The van der Waals surface area contributed by atoms with Crippen LogP contribution in [0.5, 0.6) is 0 Å². The summed E-state index contributed by atoms with van der Waals surface area (Å²) in [5.74, 6) is -0.488. The third-order valence-electron chi connectivity index (χ3n) is 3.97. The molecule has 1 N–H and O–H groups in total. The summed E-state index contributed by atoms with van der Waals surface area (Å²) in [4.78, 5) is 16.3. The van der Waals surface area contributed by atoms with Gasteiger partial charge in [-0.2, -0.15) is 10.2 Å². The van der Waals surface area contributed by atoms with E-state index < -0.39 is 0 Å². The zero-order valence-electron chi connectivity index (χ0n) is 13.7. The van der Waals surface area contributed by atoms with Gasteiger partial charge in [0.15, 0.2) is 0 Å². The minimum Gasteiger partial charge on any atom is -0.352 e. The molecule has 130 valence electrons.